The summed E-state index contributed by atoms with van der Waals surface area (Å²) in [5.41, 5.74) is 3.11. The topological polar surface area (TPSA) is 15.3 Å². The summed E-state index contributed by atoms with van der Waals surface area (Å²) in [5.74, 6) is 0.714. The first-order valence-electron chi connectivity index (χ1n) is 8.28. The van der Waals surface area contributed by atoms with Gasteiger partial charge in [0.1, 0.15) is 0 Å². The Kier molecular flexibility index (Phi) is 4.42. The molecule has 2 nitrogen and oxygen atoms in total. The summed E-state index contributed by atoms with van der Waals surface area (Å²) in [4.78, 5) is 2.71. The number of benzene rings is 1. The van der Waals surface area contributed by atoms with Crippen LogP contribution in [0.5, 0.6) is 0 Å². The molecule has 0 amide bonds. The van der Waals surface area contributed by atoms with Crippen molar-refractivity contribution >= 4 is 0 Å². The Morgan fingerprint density at radius 3 is 2.65 bits per heavy atom. The Labute approximate surface area is 123 Å². The van der Waals surface area contributed by atoms with E-state index >= 15 is 0 Å². The number of rotatable bonds is 5. The molecule has 1 heterocycles. The summed E-state index contributed by atoms with van der Waals surface area (Å²) in [6.07, 6.45) is 5.30. The van der Waals surface area contributed by atoms with Crippen LogP contribution in [0.3, 0.4) is 0 Å². The first-order valence-corrected chi connectivity index (χ1v) is 8.28. The molecule has 110 valence electrons. The summed E-state index contributed by atoms with van der Waals surface area (Å²) >= 11 is 0. The molecule has 1 N–H and O–H groups in total. The molecule has 0 spiro atoms. The average molecular weight is 272 g/mol. The molecular formula is C18H28N2. The fourth-order valence-electron chi connectivity index (χ4n) is 3.37. The van der Waals surface area contributed by atoms with E-state index in [0.717, 1.165) is 19.1 Å². The molecule has 1 atom stereocenters. The molecule has 2 aliphatic rings. The lowest BCUT2D eigenvalue weighted by atomic mass is 10.0. The van der Waals surface area contributed by atoms with Crippen molar-refractivity contribution in [2.45, 2.75) is 58.2 Å². The number of aryl methyl sites for hydroxylation is 1. The van der Waals surface area contributed by atoms with Crippen molar-refractivity contribution in [3.8, 4) is 0 Å². The maximum atomic E-state index is 3.74. The van der Waals surface area contributed by atoms with Crippen molar-refractivity contribution in [1.82, 2.24) is 10.2 Å². The Balaban J connectivity index is 1.69. The molecule has 1 fully saturated rings. The van der Waals surface area contributed by atoms with Gasteiger partial charge in [0, 0.05) is 25.2 Å². The van der Waals surface area contributed by atoms with E-state index in [9.17, 15) is 0 Å². The second-order valence-corrected chi connectivity index (χ2v) is 6.84. The summed E-state index contributed by atoms with van der Waals surface area (Å²) in [7, 11) is 0. The SMILES string of the molecule is CC(C)C(CNC1CC1)N1CCCc2ccccc2C1. The zero-order valence-electron chi connectivity index (χ0n) is 12.9. The van der Waals surface area contributed by atoms with E-state index in [2.05, 4.69) is 48.3 Å². The molecule has 0 saturated heterocycles. The van der Waals surface area contributed by atoms with Crippen molar-refractivity contribution in [3.63, 3.8) is 0 Å². The van der Waals surface area contributed by atoms with Gasteiger partial charge in [-0.25, -0.2) is 0 Å². The van der Waals surface area contributed by atoms with Crippen molar-refractivity contribution in [1.29, 1.82) is 0 Å². The summed E-state index contributed by atoms with van der Waals surface area (Å²) < 4.78 is 0. The fourth-order valence-corrected chi connectivity index (χ4v) is 3.37. The standard InChI is InChI=1S/C18H28N2/c1-14(2)18(12-19-17-9-10-17)20-11-5-8-15-6-3-4-7-16(15)13-20/h3-4,6-7,14,17-19H,5,8-13H2,1-2H3. The third-order valence-electron chi connectivity index (χ3n) is 4.81. The lowest BCUT2D eigenvalue weighted by Crippen LogP contribution is -2.45. The predicted molar refractivity (Wildman–Crippen MR) is 84.8 cm³/mol. The van der Waals surface area contributed by atoms with Gasteiger partial charge in [-0.15, -0.1) is 0 Å². The van der Waals surface area contributed by atoms with Gasteiger partial charge in [-0.3, -0.25) is 4.90 Å². The third-order valence-corrected chi connectivity index (χ3v) is 4.81. The summed E-state index contributed by atoms with van der Waals surface area (Å²) in [6.45, 7) is 8.27. The number of nitrogens with zero attached hydrogens (tertiary/aromatic N) is 1. The van der Waals surface area contributed by atoms with Gasteiger partial charge in [0.05, 0.1) is 0 Å². The quantitative estimate of drug-likeness (QED) is 0.885. The van der Waals surface area contributed by atoms with Crippen LogP contribution >= 0.6 is 0 Å². The highest BCUT2D eigenvalue weighted by Gasteiger charge is 2.27. The van der Waals surface area contributed by atoms with Crippen LogP contribution in [-0.2, 0) is 13.0 Å². The van der Waals surface area contributed by atoms with E-state index in [-0.39, 0.29) is 0 Å². The minimum Gasteiger partial charge on any atom is -0.312 e. The molecule has 2 heteroatoms. The molecule has 0 radical (unpaired) electrons. The van der Waals surface area contributed by atoms with Crippen molar-refractivity contribution in [2.24, 2.45) is 5.92 Å². The highest BCUT2D eigenvalue weighted by Crippen LogP contribution is 2.24. The van der Waals surface area contributed by atoms with Gasteiger partial charge in [0.25, 0.3) is 0 Å². The van der Waals surface area contributed by atoms with Crippen LogP contribution in [0.25, 0.3) is 0 Å². The first kappa shape index (κ1) is 14.1. The number of hydrogen-bond donors (Lipinski definition) is 1. The highest BCUT2D eigenvalue weighted by molar-refractivity contribution is 5.28. The Morgan fingerprint density at radius 2 is 1.95 bits per heavy atom. The van der Waals surface area contributed by atoms with Crippen molar-refractivity contribution in [2.75, 3.05) is 13.1 Å². The molecule has 1 unspecified atom stereocenters. The van der Waals surface area contributed by atoms with Gasteiger partial charge in [-0.05, 0) is 49.3 Å². The molecular weight excluding hydrogens is 244 g/mol. The van der Waals surface area contributed by atoms with Gasteiger partial charge >= 0.3 is 0 Å². The van der Waals surface area contributed by atoms with Gasteiger partial charge in [-0.2, -0.15) is 0 Å². The minimum atomic E-state index is 0.668. The Morgan fingerprint density at radius 1 is 1.20 bits per heavy atom. The van der Waals surface area contributed by atoms with Crippen LogP contribution < -0.4 is 5.32 Å². The van der Waals surface area contributed by atoms with E-state index in [1.54, 1.807) is 11.1 Å². The minimum absolute atomic E-state index is 0.668. The van der Waals surface area contributed by atoms with Gasteiger partial charge < -0.3 is 5.32 Å². The zero-order valence-corrected chi connectivity index (χ0v) is 12.9. The normalized spacial score (nSPS) is 21.6. The second kappa shape index (κ2) is 6.28. The van der Waals surface area contributed by atoms with Crippen LogP contribution in [0, 0.1) is 5.92 Å². The van der Waals surface area contributed by atoms with Crippen LogP contribution in [0.15, 0.2) is 24.3 Å². The third kappa shape index (κ3) is 3.42. The predicted octanol–water partition coefficient (Wildman–Crippen LogP) is 3.21. The molecule has 0 bridgehead atoms. The fraction of sp³-hybridized carbons (Fsp3) is 0.667. The molecule has 0 aromatic heterocycles. The van der Waals surface area contributed by atoms with Crippen LogP contribution in [0.1, 0.15) is 44.2 Å². The van der Waals surface area contributed by atoms with E-state index in [4.69, 9.17) is 0 Å². The maximum absolute atomic E-state index is 3.74. The molecule has 1 aromatic rings. The molecule has 1 aliphatic heterocycles. The Bertz CT molecular complexity index is 437. The van der Waals surface area contributed by atoms with Crippen molar-refractivity contribution < 1.29 is 0 Å². The van der Waals surface area contributed by atoms with Crippen molar-refractivity contribution in [3.05, 3.63) is 35.4 Å². The second-order valence-electron chi connectivity index (χ2n) is 6.84. The summed E-state index contributed by atoms with van der Waals surface area (Å²) in [6, 6.07) is 10.5. The molecule has 1 aliphatic carbocycles. The zero-order chi connectivity index (χ0) is 13.9. The summed E-state index contributed by atoms with van der Waals surface area (Å²) in [5, 5.41) is 3.74. The van der Waals surface area contributed by atoms with Crippen LogP contribution in [0.4, 0.5) is 0 Å². The maximum Gasteiger partial charge on any atom is 0.0247 e. The van der Waals surface area contributed by atoms with Crippen LogP contribution in [0.2, 0.25) is 0 Å². The monoisotopic (exact) mass is 272 g/mol. The van der Waals surface area contributed by atoms with E-state index in [1.807, 2.05) is 0 Å². The molecule has 1 saturated carbocycles. The van der Waals surface area contributed by atoms with Gasteiger partial charge in [0.2, 0.25) is 0 Å². The molecule has 20 heavy (non-hydrogen) atoms. The number of hydrogen-bond acceptors (Lipinski definition) is 2. The average Bonchev–Trinajstić information content (AvgIpc) is 3.24. The lowest BCUT2D eigenvalue weighted by Gasteiger charge is -2.34. The smallest absolute Gasteiger partial charge is 0.0247 e. The Hall–Kier alpha value is -0.860. The van der Waals surface area contributed by atoms with E-state index in [0.29, 0.717) is 12.0 Å². The number of nitrogens with one attached hydrogen (secondary N) is 1. The molecule has 1 aromatic carbocycles. The van der Waals surface area contributed by atoms with E-state index < -0.39 is 0 Å². The largest absolute Gasteiger partial charge is 0.312 e. The first-order chi connectivity index (χ1) is 9.74. The highest BCUT2D eigenvalue weighted by atomic mass is 15.2. The van der Waals surface area contributed by atoms with Crippen LogP contribution in [-0.4, -0.2) is 30.1 Å². The molecule has 3 rings (SSSR count). The van der Waals surface area contributed by atoms with Gasteiger partial charge in [-0.1, -0.05) is 38.1 Å². The van der Waals surface area contributed by atoms with Gasteiger partial charge in [0.15, 0.2) is 0 Å². The lowest BCUT2D eigenvalue weighted by molar-refractivity contribution is 0.145. The van der Waals surface area contributed by atoms with E-state index in [1.165, 1.54) is 32.2 Å². The number of fused-ring (bicyclic) bond motifs is 1.